The second-order valence-electron chi connectivity index (χ2n) is 4.40. The van der Waals surface area contributed by atoms with Crippen molar-refractivity contribution in [3.8, 4) is 11.6 Å². The first-order chi connectivity index (χ1) is 9.40. The molecule has 0 saturated heterocycles. The summed E-state index contributed by atoms with van der Waals surface area (Å²) in [5, 5.41) is 2.09. The first-order valence-corrected chi connectivity index (χ1v) is 6.11. The van der Waals surface area contributed by atoms with Gasteiger partial charge in [-0.25, -0.2) is 9.97 Å². The number of hydrogen-bond donors (Lipinski definition) is 0. The lowest BCUT2D eigenvalue weighted by molar-refractivity contribution is 0.625. The third-order valence-corrected chi connectivity index (χ3v) is 3.13. The number of aromatic nitrogens is 2. The highest BCUT2D eigenvalue weighted by Crippen LogP contribution is 2.26. The molecular formula is C16H10N2O. The molecule has 0 aliphatic carbocycles. The zero-order valence-corrected chi connectivity index (χ0v) is 10.1. The standard InChI is InChI=1S/C16H10N2O/c1-3-7-13-12(6-1)10-17-16(18-13)15-9-11-5-2-4-8-14(11)19-15/h1-10H. The van der Waals surface area contributed by atoms with Crippen LogP contribution in [0, 0.1) is 0 Å². The minimum Gasteiger partial charge on any atom is -0.453 e. The summed E-state index contributed by atoms with van der Waals surface area (Å²) >= 11 is 0. The van der Waals surface area contributed by atoms with Crippen LogP contribution in [0.5, 0.6) is 0 Å². The molecule has 4 rings (SSSR count). The number of benzene rings is 2. The quantitative estimate of drug-likeness (QED) is 0.508. The van der Waals surface area contributed by atoms with Crippen molar-refractivity contribution in [1.82, 2.24) is 9.97 Å². The van der Waals surface area contributed by atoms with Crippen LogP contribution < -0.4 is 0 Å². The van der Waals surface area contributed by atoms with E-state index >= 15 is 0 Å². The smallest absolute Gasteiger partial charge is 0.196 e. The maximum Gasteiger partial charge on any atom is 0.196 e. The lowest BCUT2D eigenvalue weighted by Crippen LogP contribution is -1.87. The lowest BCUT2D eigenvalue weighted by atomic mass is 10.2. The molecule has 0 unspecified atom stereocenters. The van der Waals surface area contributed by atoms with Gasteiger partial charge in [0, 0.05) is 17.0 Å². The Labute approximate surface area is 109 Å². The van der Waals surface area contributed by atoms with E-state index in [9.17, 15) is 0 Å². The Kier molecular flexibility index (Phi) is 2.12. The van der Waals surface area contributed by atoms with Crippen molar-refractivity contribution in [2.45, 2.75) is 0 Å². The Morgan fingerprint density at radius 3 is 2.53 bits per heavy atom. The molecule has 2 heterocycles. The fraction of sp³-hybridized carbons (Fsp3) is 0. The van der Waals surface area contributed by atoms with Crippen LogP contribution >= 0.6 is 0 Å². The molecule has 2 aromatic heterocycles. The summed E-state index contributed by atoms with van der Waals surface area (Å²) in [6.45, 7) is 0. The molecule has 0 bridgehead atoms. The maximum absolute atomic E-state index is 5.78. The van der Waals surface area contributed by atoms with Gasteiger partial charge in [0.05, 0.1) is 5.52 Å². The normalized spacial score (nSPS) is 11.2. The molecule has 0 saturated carbocycles. The van der Waals surface area contributed by atoms with E-state index in [1.54, 1.807) is 0 Å². The Bertz CT molecular complexity index is 847. The van der Waals surface area contributed by atoms with Gasteiger partial charge in [-0.05, 0) is 18.2 Å². The largest absolute Gasteiger partial charge is 0.453 e. The molecule has 0 spiro atoms. The molecule has 0 aliphatic heterocycles. The monoisotopic (exact) mass is 246 g/mol. The predicted molar refractivity (Wildman–Crippen MR) is 74.7 cm³/mol. The van der Waals surface area contributed by atoms with E-state index in [1.165, 1.54) is 0 Å². The molecule has 0 aliphatic rings. The van der Waals surface area contributed by atoms with E-state index in [1.807, 2.05) is 60.8 Å². The van der Waals surface area contributed by atoms with Crippen molar-refractivity contribution < 1.29 is 4.42 Å². The summed E-state index contributed by atoms with van der Waals surface area (Å²) in [6.07, 6.45) is 1.82. The van der Waals surface area contributed by atoms with E-state index in [4.69, 9.17) is 4.42 Å². The number of rotatable bonds is 1. The van der Waals surface area contributed by atoms with Crippen LogP contribution in [0.3, 0.4) is 0 Å². The van der Waals surface area contributed by atoms with Crippen molar-refractivity contribution in [2.75, 3.05) is 0 Å². The minimum atomic E-state index is 0.620. The van der Waals surface area contributed by atoms with E-state index in [0.717, 1.165) is 21.9 Å². The number of para-hydroxylation sites is 2. The van der Waals surface area contributed by atoms with Gasteiger partial charge in [0.1, 0.15) is 5.58 Å². The summed E-state index contributed by atoms with van der Waals surface area (Å²) in [5.41, 5.74) is 1.78. The second kappa shape index (κ2) is 3.92. The van der Waals surface area contributed by atoms with Gasteiger partial charge in [0.15, 0.2) is 11.6 Å². The fourth-order valence-corrected chi connectivity index (χ4v) is 2.18. The lowest BCUT2D eigenvalue weighted by Gasteiger charge is -1.98. The number of fused-ring (bicyclic) bond motifs is 2. The average Bonchev–Trinajstić information content (AvgIpc) is 2.90. The Morgan fingerprint density at radius 1 is 0.842 bits per heavy atom. The van der Waals surface area contributed by atoms with Gasteiger partial charge in [-0.3, -0.25) is 0 Å². The van der Waals surface area contributed by atoms with Gasteiger partial charge in [-0.1, -0.05) is 36.4 Å². The highest BCUT2D eigenvalue weighted by atomic mass is 16.3. The zero-order valence-electron chi connectivity index (χ0n) is 10.1. The van der Waals surface area contributed by atoms with Crippen LogP contribution in [0.1, 0.15) is 0 Å². The minimum absolute atomic E-state index is 0.620. The van der Waals surface area contributed by atoms with Gasteiger partial charge in [0.25, 0.3) is 0 Å². The summed E-state index contributed by atoms with van der Waals surface area (Å²) in [6, 6.07) is 17.8. The molecule has 0 amide bonds. The molecule has 0 fully saturated rings. The molecule has 2 aromatic carbocycles. The molecule has 3 nitrogen and oxygen atoms in total. The van der Waals surface area contributed by atoms with Crippen LogP contribution in [0.25, 0.3) is 33.5 Å². The molecule has 0 N–H and O–H groups in total. The molecular weight excluding hydrogens is 236 g/mol. The third-order valence-electron chi connectivity index (χ3n) is 3.13. The third kappa shape index (κ3) is 1.67. The van der Waals surface area contributed by atoms with Gasteiger partial charge < -0.3 is 4.42 Å². The number of nitrogens with zero attached hydrogens (tertiary/aromatic N) is 2. The summed E-state index contributed by atoms with van der Waals surface area (Å²) < 4.78 is 5.78. The van der Waals surface area contributed by atoms with Crippen LogP contribution in [0.4, 0.5) is 0 Å². The van der Waals surface area contributed by atoms with Gasteiger partial charge in [-0.15, -0.1) is 0 Å². The van der Waals surface area contributed by atoms with Crippen molar-refractivity contribution >= 4 is 21.9 Å². The van der Waals surface area contributed by atoms with Crippen molar-refractivity contribution in [1.29, 1.82) is 0 Å². The Hall–Kier alpha value is -2.68. The summed E-state index contributed by atoms with van der Waals surface area (Å²) in [4.78, 5) is 8.90. The molecule has 0 atom stereocenters. The van der Waals surface area contributed by atoms with E-state index in [2.05, 4.69) is 9.97 Å². The highest BCUT2D eigenvalue weighted by Gasteiger charge is 2.08. The first-order valence-electron chi connectivity index (χ1n) is 6.11. The molecule has 90 valence electrons. The topological polar surface area (TPSA) is 38.9 Å². The van der Waals surface area contributed by atoms with E-state index in [0.29, 0.717) is 11.6 Å². The van der Waals surface area contributed by atoms with E-state index < -0.39 is 0 Å². The van der Waals surface area contributed by atoms with Gasteiger partial charge in [-0.2, -0.15) is 0 Å². The summed E-state index contributed by atoms with van der Waals surface area (Å²) in [7, 11) is 0. The molecule has 19 heavy (non-hydrogen) atoms. The average molecular weight is 246 g/mol. The Morgan fingerprint density at radius 2 is 1.63 bits per heavy atom. The predicted octanol–water partition coefficient (Wildman–Crippen LogP) is 4.04. The highest BCUT2D eigenvalue weighted by molar-refractivity contribution is 5.83. The van der Waals surface area contributed by atoms with Crippen molar-refractivity contribution in [2.24, 2.45) is 0 Å². The van der Waals surface area contributed by atoms with Crippen LogP contribution in [0.2, 0.25) is 0 Å². The van der Waals surface area contributed by atoms with Crippen LogP contribution in [0.15, 0.2) is 65.2 Å². The van der Waals surface area contributed by atoms with Crippen LogP contribution in [-0.4, -0.2) is 9.97 Å². The first kappa shape index (κ1) is 10.3. The molecule has 0 radical (unpaired) electrons. The van der Waals surface area contributed by atoms with Gasteiger partial charge in [0.2, 0.25) is 0 Å². The number of furan rings is 1. The molecule has 3 heteroatoms. The van der Waals surface area contributed by atoms with Crippen molar-refractivity contribution in [3.05, 3.63) is 60.8 Å². The number of hydrogen-bond acceptors (Lipinski definition) is 3. The SMILES string of the molecule is c1ccc2nc(-c3cc4ccccc4o3)ncc2c1. The Balaban J connectivity index is 1.93. The summed E-state index contributed by atoms with van der Waals surface area (Å²) in [5.74, 6) is 1.32. The maximum atomic E-state index is 5.78. The van der Waals surface area contributed by atoms with Crippen LogP contribution in [-0.2, 0) is 0 Å². The van der Waals surface area contributed by atoms with Gasteiger partial charge >= 0.3 is 0 Å². The fourth-order valence-electron chi connectivity index (χ4n) is 2.18. The van der Waals surface area contributed by atoms with E-state index in [-0.39, 0.29) is 0 Å². The zero-order chi connectivity index (χ0) is 12.7. The van der Waals surface area contributed by atoms with Crippen molar-refractivity contribution in [3.63, 3.8) is 0 Å². The molecule has 4 aromatic rings. The second-order valence-corrected chi connectivity index (χ2v) is 4.40.